The molecule has 0 heterocycles. The molecule has 2 unspecified atom stereocenters. The fourth-order valence-corrected chi connectivity index (χ4v) is 1.88. The lowest BCUT2D eigenvalue weighted by Gasteiger charge is -2.25. The fraction of sp³-hybridized carbons (Fsp3) is 1.00. The predicted octanol–water partition coefficient (Wildman–Crippen LogP) is -0.378. The van der Waals surface area contributed by atoms with E-state index in [0.717, 1.165) is 32.5 Å². The van der Waals surface area contributed by atoms with Crippen molar-refractivity contribution >= 4 is 12.4 Å². The standard InChI is InChI=1S/C13H29NO5.ClH/c1-3-14(4-2)7-5-6-8-19-13(11(17)9-15)12(18)10-16;/h11-13,15-18H,3-10H2,1-2H3;1H. The number of ether oxygens (including phenoxy) is 1. The first-order chi connectivity index (χ1) is 9.10. The molecule has 0 aliphatic rings. The van der Waals surface area contributed by atoms with Gasteiger partial charge in [-0.25, -0.2) is 0 Å². The van der Waals surface area contributed by atoms with Gasteiger partial charge in [0.05, 0.1) is 13.2 Å². The Bertz CT molecular complexity index is 197. The zero-order valence-corrected chi connectivity index (χ0v) is 13.3. The third-order valence-corrected chi connectivity index (χ3v) is 3.21. The Morgan fingerprint density at radius 2 is 1.45 bits per heavy atom. The van der Waals surface area contributed by atoms with Gasteiger partial charge in [-0.3, -0.25) is 0 Å². The van der Waals surface area contributed by atoms with Crippen LogP contribution in [-0.2, 0) is 4.74 Å². The molecule has 6 nitrogen and oxygen atoms in total. The van der Waals surface area contributed by atoms with E-state index in [2.05, 4.69) is 18.7 Å². The summed E-state index contributed by atoms with van der Waals surface area (Å²) < 4.78 is 5.36. The molecular formula is C13H30ClNO5. The number of hydrogen-bond acceptors (Lipinski definition) is 6. The number of hydrogen-bond donors (Lipinski definition) is 4. The highest BCUT2D eigenvalue weighted by atomic mass is 35.5. The van der Waals surface area contributed by atoms with Crippen molar-refractivity contribution in [3.8, 4) is 0 Å². The monoisotopic (exact) mass is 315 g/mol. The number of halogens is 1. The van der Waals surface area contributed by atoms with E-state index in [9.17, 15) is 10.2 Å². The van der Waals surface area contributed by atoms with Crippen LogP contribution in [-0.4, -0.2) is 83.1 Å². The first-order valence-corrected chi connectivity index (χ1v) is 7.02. The average Bonchev–Trinajstić information content (AvgIpc) is 2.45. The minimum Gasteiger partial charge on any atom is -0.394 e. The molecule has 2 atom stereocenters. The van der Waals surface area contributed by atoms with Crippen LogP contribution in [0.2, 0.25) is 0 Å². The fourth-order valence-electron chi connectivity index (χ4n) is 1.88. The molecule has 4 N–H and O–H groups in total. The Balaban J connectivity index is 0. The number of unbranched alkanes of at least 4 members (excludes halogenated alkanes) is 1. The normalized spacial score (nSPS) is 15.8. The van der Waals surface area contributed by atoms with Gasteiger partial charge in [0.15, 0.2) is 0 Å². The van der Waals surface area contributed by atoms with Crippen LogP contribution >= 0.6 is 12.4 Å². The second-order valence-corrected chi connectivity index (χ2v) is 4.57. The molecule has 0 aliphatic heterocycles. The lowest BCUT2D eigenvalue weighted by atomic mass is 10.1. The minimum atomic E-state index is -1.18. The highest BCUT2D eigenvalue weighted by Crippen LogP contribution is 2.07. The van der Waals surface area contributed by atoms with E-state index in [0.29, 0.717) is 6.61 Å². The average molecular weight is 316 g/mol. The molecule has 0 amide bonds. The summed E-state index contributed by atoms with van der Waals surface area (Å²) in [5, 5.41) is 36.7. The van der Waals surface area contributed by atoms with Crippen LogP contribution < -0.4 is 0 Å². The van der Waals surface area contributed by atoms with Crippen LogP contribution in [0, 0.1) is 0 Å². The van der Waals surface area contributed by atoms with Crippen LogP contribution in [0.15, 0.2) is 0 Å². The van der Waals surface area contributed by atoms with E-state index in [-0.39, 0.29) is 12.4 Å². The van der Waals surface area contributed by atoms with E-state index >= 15 is 0 Å². The molecule has 0 bridgehead atoms. The molecule has 0 aliphatic carbocycles. The Hall–Kier alpha value is 0.0500. The highest BCUT2D eigenvalue weighted by molar-refractivity contribution is 5.85. The van der Waals surface area contributed by atoms with E-state index in [1.165, 1.54) is 0 Å². The third-order valence-electron chi connectivity index (χ3n) is 3.21. The zero-order chi connectivity index (χ0) is 14.7. The van der Waals surface area contributed by atoms with Crippen molar-refractivity contribution in [1.29, 1.82) is 0 Å². The van der Waals surface area contributed by atoms with Gasteiger partial charge in [-0.05, 0) is 32.5 Å². The molecule has 0 aromatic rings. The molecule has 0 fully saturated rings. The SMILES string of the molecule is CCN(CC)CCCCOC(C(O)CO)C(O)CO.Cl. The summed E-state index contributed by atoms with van der Waals surface area (Å²) in [5.41, 5.74) is 0. The maximum Gasteiger partial charge on any atom is 0.114 e. The van der Waals surface area contributed by atoms with Crippen molar-refractivity contribution in [3.05, 3.63) is 0 Å². The Labute approximate surface area is 127 Å². The summed E-state index contributed by atoms with van der Waals surface area (Å²) in [4.78, 5) is 2.31. The maximum atomic E-state index is 9.49. The van der Waals surface area contributed by atoms with Gasteiger partial charge in [0.25, 0.3) is 0 Å². The molecule has 0 aromatic heterocycles. The van der Waals surface area contributed by atoms with Gasteiger partial charge in [-0.1, -0.05) is 13.8 Å². The van der Waals surface area contributed by atoms with Crippen molar-refractivity contribution in [2.45, 2.75) is 45.0 Å². The highest BCUT2D eigenvalue weighted by Gasteiger charge is 2.26. The van der Waals surface area contributed by atoms with Crippen molar-refractivity contribution in [1.82, 2.24) is 4.90 Å². The van der Waals surface area contributed by atoms with Gasteiger partial charge in [0.1, 0.15) is 18.3 Å². The van der Waals surface area contributed by atoms with Gasteiger partial charge in [0, 0.05) is 6.61 Å². The first kappa shape index (κ1) is 22.3. The van der Waals surface area contributed by atoms with E-state index < -0.39 is 31.5 Å². The largest absolute Gasteiger partial charge is 0.394 e. The van der Waals surface area contributed by atoms with Crippen molar-refractivity contribution in [3.63, 3.8) is 0 Å². The minimum absolute atomic E-state index is 0. The lowest BCUT2D eigenvalue weighted by Crippen LogP contribution is -2.43. The van der Waals surface area contributed by atoms with Gasteiger partial charge in [-0.15, -0.1) is 12.4 Å². The molecular weight excluding hydrogens is 286 g/mol. The Kier molecular flexibility index (Phi) is 15.6. The number of rotatable bonds is 12. The van der Waals surface area contributed by atoms with Crippen molar-refractivity contribution in [2.24, 2.45) is 0 Å². The second-order valence-electron chi connectivity index (χ2n) is 4.57. The van der Waals surface area contributed by atoms with Crippen LogP contribution in [0.4, 0.5) is 0 Å². The predicted molar refractivity (Wildman–Crippen MR) is 80.2 cm³/mol. The molecule has 0 saturated carbocycles. The first-order valence-electron chi connectivity index (χ1n) is 7.02. The van der Waals surface area contributed by atoms with Gasteiger partial charge >= 0.3 is 0 Å². The van der Waals surface area contributed by atoms with Crippen molar-refractivity contribution < 1.29 is 25.2 Å². The van der Waals surface area contributed by atoms with Crippen LogP contribution in [0.3, 0.4) is 0 Å². The molecule has 7 heteroatoms. The third kappa shape index (κ3) is 9.07. The molecule has 0 aromatic carbocycles. The summed E-state index contributed by atoms with van der Waals surface area (Å²) in [6.45, 7) is 6.66. The second kappa shape index (κ2) is 14.0. The molecule has 0 saturated heterocycles. The van der Waals surface area contributed by atoms with Crippen LogP contribution in [0.1, 0.15) is 26.7 Å². The van der Waals surface area contributed by atoms with Crippen LogP contribution in [0.25, 0.3) is 0 Å². The Morgan fingerprint density at radius 1 is 0.950 bits per heavy atom. The van der Waals surface area contributed by atoms with Gasteiger partial charge in [0.2, 0.25) is 0 Å². The van der Waals surface area contributed by atoms with E-state index in [1.807, 2.05) is 0 Å². The van der Waals surface area contributed by atoms with Gasteiger partial charge in [-0.2, -0.15) is 0 Å². The number of aliphatic hydroxyl groups is 4. The summed E-state index contributed by atoms with van der Waals surface area (Å²) in [7, 11) is 0. The van der Waals surface area contributed by atoms with E-state index in [1.54, 1.807) is 0 Å². The summed E-state index contributed by atoms with van der Waals surface area (Å²) >= 11 is 0. The van der Waals surface area contributed by atoms with Crippen molar-refractivity contribution in [2.75, 3.05) is 39.5 Å². The number of nitrogens with zero attached hydrogens (tertiary/aromatic N) is 1. The Morgan fingerprint density at radius 3 is 1.85 bits per heavy atom. The molecule has 20 heavy (non-hydrogen) atoms. The number of aliphatic hydroxyl groups excluding tert-OH is 4. The molecule has 0 radical (unpaired) electrons. The molecule has 0 rings (SSSR count). The molecule has 0 spiro atoms. The van der Waals surface area contributed by atoms with Gasteiger partial charge < -0.3 is 30.1 Å². The topological polar surface area (TPSA) is 93.4 Å². The smallest absolute Gasteiger partial charge is 0.114 e. The van der Waals surface area contributed by atoms with Crippen LogP contribution in [0.5, 0.6) is 0 Å². The summed E-state index contributed by atoms with van der Waals surface area (Å²) in [5.74, 6) is 0. The summed E-state index contributed by atoms with van der Waals surface area (Å²) in [6.07, 6.45) is -1.51. The van der Waals surface area contributed by atoms with E-state index in [4.69, 9.17) is 14.9 Å². The molecule has 124 valence electrons. The zero-order valence-electron chi connectivity index (χ0n) is 12.4. The lowest BCUT2D eigenvalue weighted by molar-refractivity contribution is -0.123. The summed E-state index contributed by atoms with van der Waals surface area (Å²) in [6, 6.07) is 0. The quantitative estimate of drug-likeness (QED) is 0.367. The maximum absolute atomic E-state index is 9.49.